The minimum absolute atomic E-state index is 0.133. The molecule has 2 atom stereocenters. The third-order valence-corrected chi connectivity index (χ3v) is 6.55. The van der Waals surface area contributed by atoms with Crippen LogP contribution in [-0.4, -0.2) is 70.5 Å². The van der Waals surface area contributed by atoms with E-state index in [0.717, 1.165) is 11.3 Å². The van der Waals surface area contributed by atoms with Crippen LogP contribution in [0.4, 0.5) is 9.52 Å². The molecule has 3 N–H and O–H groups in total. The first kappa shape index (κ1) is 23.4. The van der Waals surface area contributed by atoms with Gasteiger partial charge in [0, 0.05) is 19.7 Å². The maximum atomic E-state index is 12.7. The summed E-state index contributed by atoms with van der Waals surface area (Å²) in [6.45, 7) is 4.23. The standard InChI is InChI=1S/C19H25ClFN5O4S/c1-3-11-15(20)25-16(23-11)17(27)24-12-5-7-26(9-13(12)30-8-4-6-21)19-22-10(2)14(31-19)18(28)29/h12-13H,3-9H2,1-2H3,(H,23,25)(H,24,27)(H,28,29)/t12?,13-/m0/s1. The Bertz CT molecular complexity index is 937. The largest absolute Gasteiger partial charge is 0.477 e. The number of halogens is 2. The van der Waals surface area contributed by atoms with Gasteiger partial charge in [-0.05, 0) is 26.2 Å². The van der Waals surface area contributed by atoms with Crippen LogP contribution in [0.1, 0.15) is 51.4 Å². The van der Waals surface area contributed by atoms with Crippen LogP contribution in [0, 0.1) is 6.92 Å². The number of amides is 1. The molecule has 1 aliphatic heterocycles. The van der Waals surface area contributed by atoms with Crippen LogP contribution in [0.5, 0.6) is 0 Å². The van der Waals surface area contributed by atoms with Gasteiger partial charge in [-0.3, -0.25) is 9.18 Å². The molecule has 0 spiro atoms. The van der Waals surface area contributed by atoms with Crippen molar-refractivity contribution in [2.45, 2.75) is 45.3 Å². The topological polar surface area (TPSA) is 120 Å². The van der Waals surface area contributed by atoms with E-state index in [9.17, 15) is 19.1 Å². The van der Waals surface area contributed by atoms with Crippen LogP contribution in [-0.2, 0) is 11.2 Å². The average molecular weight is 474 g/mol. The number of aryl methyl sites for hydroxylation is 2. The van der Waals surface area contributed by atoms with Crippen LogP contribution in [0.15, 0.2) is 0 Å². The maximum absolute atomic E-state index is 12.7. The van der Waals surface area contributed by atoms with E-state index in [2.05, 4.69) is 20.3 Å². The second kappa shape index (κ2) is 10.4. The van der Waals surface area contributed by atoms with Crippen LogP contribution in [0.2, 0.25) is 5.15 Å². The van der Waals surface area contributed by atoms with Gasteiger partial charge in [0.2, 0.25) is 0 Å². The van der Waals surface area contributed by atoms with Crippen LogP contribution in [0.3, 0.4) is 0 Å². The van der Waals surface area contributed by atoms with E-state index in [-0.39, 0.29) is 34.9 Å². The minimum atomic E-state index is -1.01. The first-order valence-electron chi connectivity index (χ1n) is 10.0. The molecule has 31 heavy (non-hydrogen) atoms. The van der Waals surface area contributed by atoms with Gasteiger partial charge in [0.25, 0.3) is 5.91 Å². The van der Waals surface area contributed by atoms with Crippen molar-refractivity contribution < 1.29 is 23.8 Å². The van der Waals surface area contributed by atoms with E-state index in [1.807, 2.05) is 11.8 Å². The third-order valence-electron chi connectivity index (χ3n) is 5.03. The summed E-state index contributed by atoms with van der Waals surface area (Å²) in [6.07, 6.45) is 1.00. The number of carbonyl (C=O) groups excluding carboxylic acids is 1. The van der Waals surface area contributed by atoms with E-state index < -0.39 is 24.7 Å². The fourth-order valence-corrected chi connectivity index (χ4v) is 4.60. The highest BCUT2D eigenvalue weighted by molar-refractivity contribution is 7.17. The number of hydrogen-bond donors (Lipinski definition) is 3. The molecule has 0 aromatic carbocycles. The van der Waals surface area contributed by atoms with Gasteiger partial charge in [-0.1, -0.05) is 29.9 Å². The zero-order chi connectivity index (χ0) is 22.5. The number of carbonyl (C=O) groups is 2. The molecule has 12 heteroatoms. The first-order valence-corrected chi connectivity index (χ1v) is 11.2. The van der Waals surface area contributed by atoms with Crippen molar-refractivity contribution in [3.63, 3.8) is 0 Å². The number of carboxylic acids is 1. The van der Waals surface area contributed by atoms with Crippen LogP contribution >= 0.6 is 22.9 Å². The summed E-state index contributed by atoms with van der Waals surface area (Å²) in [4.78, 5) is 37.5. The Kier molecular flexibility index (Phi) is 7.84. The molecule has 0 bridgehead atoms. The quantitative estimate of drug-likeness (QED) is 0.479. The van der Waals surface area contributed by atoms with Crippen molar-refractivity contribution in [3.05, 3.63) is 27.2 Å². The summed E-state index contributed by atoms with van der Waals surface area (Å²) in [5.41, 5.74) is 1.14. The second-order valence-corrected chi connectivity index (χ2v) is 8.53. The number of imidazole rings is 1. The number of anilines is 1. The van der Waals surface area contributed by atoms with Gasteiger partial charge in [-0.25, -0.2) is 14.8 Å². The smallest absolute Gasteiger partial charge is 0.347 e. The molecule has 0 saturated carbocycles. The Morgan fingerprint density at radius 3 is 2.84 bits per heavy atom. The summed E-state index contributed by atoms with van der Waals surface area (Å²) in [5, 5.41) is 13.1. The summed E-state index contributed by atoms with van der Waals surface area (Å²) >= 11 is 7.14. The number of alkyl halides is 1. The molecule has 1 unspecified atom stereocenters. The Labute approximate surface area is 188 Å². The van der Waals surface area contributed by atoms with E-state index in [1.165, 1.54) is 0 Å². The zero-order valence-electron chi connectivity index (χ0n) is 17.3. The van der Waals surface area contributed by atoms with Gasteiger partial charge >= 0.3 is 5.97 Å². The molecular formula is C19H25ClFN5O4S. The lowest BCUT2D eigenvalue weighted by Crippen LogP contribution is -2.55. The van der Waals surface area contributed by atoms with Gasteiger partial charge in [-0.15, -0.1) is 0 Å². The zero-order valence-corrected chi connectivity index (χ0v) is 18.9. The van der Waals surface area contributed by atoms with Crippen molar-refractivity contribution in [1.29, 1.82) is 0 Å². The SMILES string of the molecule is CCc1[nH]c(C(=O)NC2CCN(c3nc(C)c(C(=O)O)s3)C[C@@H]2OCCCF)nc1Cl. The molecule has 1 fully saturated rings. The van der Waals surface area contributed by atoms with Gasteiger partial charge in [0.15, 0.2) is 16.1 Å². The number of aromatic carboxylic acids is 1. The molecule has 2 aromatic rings. The van der Waals surface area contributed by atoms with Crippen molar-refractivity contribution >= 4 is 39.9 Å². The molecule has 1 aliphatic rings. The van der Waals surface area contributed by atoms with Crippen molar-refractivity contribution in [1.82, 2.24) is 20.3 Å². The molecule has 1 amide bonds. The number of carboxylic acid groups (broad SMARTS) is 1. The highest BCUT2D eigenvalue weighted by Crippen LogP contribution is 2.29. The number of piperidine rings is 1. The molecule has 0 aliphatic carbocycles. The number of aromatic nitrogens is 3. The third kappa shape index (κ3) is 5.52. The van der Waals surface area contributed by atoms with E-state index in [4.69, 9.17) is 16.3 Å². The molecule has 0 radical (unpaired) electrons. The van der Waals surface area contributed by atoms with E-state index in [0.29, 0.717) is 42.5 Å². The predicted octanol–water partition coefficient (Wildman–Crippen LogP) is 2.84. The molecule has 2 aromatic heterocycles. The van der Waals surface area contributed by atoms with Crippen LogP contribution < -0.4 is 10.2 Å². The monoisotopic (exact) mass is 473 g/mol. The van der Waals surface area contributed by atoms with Gasteiger partial charge in [-0.2, -0.15) is 0 Å². The summed E-state index contributed by atoms with van der Waals surface area (Å²) in [6, 6.07) is -0.322. The van der Waals surface area contributed by atoms with Gasteiger partial charge < -0.3 is 25.0 Å². The number of aromatic amines is 1. The van der Waals surface area contributed by atoms with Crippen LogP contribution in [0.25, 0.3) is 0 Å². The molecule has 9 nitrogen and oxygen atoms in total. The molecular weight excluding hydrogens is 449 g/mol. The van der Waals surface area contributed by atoms with Gasteiger partial charge in [0.05, 0.1) is 30.2 Å². The normalized spacial score (nSPS) is 18.9. The molecule has 3 rings (SSSR count). The van der Waals surface area contributed by atoms with E-state index in [1.54, 1.807) is 6.92 Å². The lowest BCUT2D eigenvalue weighted by Gasteiger charge is -2.38. The molecule has 1 saturated heterocycles. The number of nitrogens with one attached hydrogen (secondary N) is 2. The lowest BCUT2D eigenvalue weighted by molar-refractivity contribution is 0.0171. The van der Waals surface area contributed by atoms with Crippen molar-refractivity contribution in [2.24, 2.45) is 0 Å². The Balaban J connectivity index is 1.72. The Morgan fingerprint density at radius 2 is 2.23 bits per heavy atom. The number of hydrogen-bond acceptors (Lipinski definition) is 7. The fourth-order valence-electron chi connectivity index (χ4n) is 3.40. The Hall–Kier alpha value is -2.24. The van der Waals surface area contributed by atoms with Crippen molar-refractivity contribution in [3.8, 4) is 0 Å². The number of nitrogens with zero attached hydrogens (tertiary/aromatic N) is 3. The number of H-pyrrole nitrogens is 1. The predicted molar refractivity (Wildman–Crippen MR) is 115 cm³/mol. The highest BCUT2D eigenvalue weighted by atomic mass is 35.5. The second-order valence-electron chi connectivity index (χ2n) is 7.19. The summed E-state index contributed by atoms with van der Waals surface area (Å²) in [7, 11) is 0. The summed E-state index contributed by atoms with van der Waals surface area (Å²) < 4.78 is 18.4. The molecule has 170 valence electrons. The minimum Gasteiger partial charge on any atom is -0.477 e. The Morgan fingerprint density at radius 1 is 1.45 bits per heavy atom. The average Bonchev–Trinajstić information content (AvgIpc) is 3.31. The number of rotatable bonds is 9. The molecule has 3 heterocycles. The maximum Gasteiger partial charge on any atom is 0.347 e. The summed E-state index contributed by atoms with van der Waals surface area (Å²) in [5.74, 6) is -1.27. The number of thiazole rings is 1. The first-order chi connectivity index (χ1) is 14.8. The highest BCUT2D eigenvalue weighted by Gasteiger charge is 2.33. The van der Waals surface area contributed by atoms with Gasteiger partial charge in [0.1, 0.15) is 4.88 Å². The lowest BCUT2D eigenvalue weighted by atomic mass is 10.0. The fraction of sp³-hybridized carbons (Fsp3) is 0.579. The number of ether oxygens (including phenoxy) is 1. The van der Waals surface area contributed by atoms with Crippen molar-refractivity contribution in [2.75, 3.05) is 31.3 Å². The van der Waals surface area contributed by atoms with E-state index >= 15 is 0 Å².